The van der Waals surface area contributed by atoms with Gasteiger partial charge in [-0.3, -0.25) is 0 Å². The first-order chi connectivity index (χ1) is 7.81. The van der Waals surface area contributed by atoms with Crippen LogP contribution in [0.15, 0.2) is 17.2 Å². The lowest BCUT2D eigenvalue weighted by Gasteiger charge is -2.18. The van der Waals surface area contributed by atoms with Crippen LogP contribution in [0.1, 0.15) is 30.3 Å². The summed E-state index contributed by atoms with van der Waals surface area (Å²) in [5.41, 5.74) is 5.83. The summed E-state index contributed by atoms with van der Waals surface area (Å²) in [6.07, 6.45) is 2.30. The van der Waals surface area contributed by atoms with Crippen LogP contribution < -0.4 is 5.73 Å². The standard InChI is InChI=1S/C10H15N3O2S/c1-2-3-7(11)10-12-9(13-15-10)8-6-16-5-4-14-8/h2,7-8H,1,3-6,11H2. The Labute approximate surface area is 98.4 Å². The monoisotopic (exact) mass is 241 g/mol. The Morgan fingerprint density at radius 1 is 1.69 bits per heavy atom. The minimum absolute atomic E-state index is 0.0628. The van der Waals surface area contributed by atoms with E-state index in [4.69, 9.17) is 15.0 Å². The van der Waals surface area contributed by atoms with Crippen LogP contribution in [0.25, 0.3) is 0 Å². The first kappa shape index (κ1) is 11.6. The molecule has 1 aromatic rings. The quantitative estimate of drug-likeness (QED) is 0.804. The normalized spacial score (nSPS) is 22.9. The van der Waals surface area contributed by atoms with Gasteiger partial charge in [-0.1, -0.05) is 11.2 Å². The second-order valence-electron chi connectivity index (χ2n) is 3.56. The van der Waals surface area contributed by atoms with Crippen molar-refractivity contribution in [2.45, 2.75) is 18.6 Å². The summed E-state index contributed by atoms with van der Waals surface area (Å²) in [6, 6.07) is -0.269. The molecule has 1 saturated heterocycles. The maximum atomic E-state index is 5.83. The fraction of sp³-hybridized carbons (Fsp3) is 0.600. The highest BCUT2D eigenvalue weighted by Crippen LogP contribution is 2.25. The van der Waals surface area contributed by atoms with Crippen LogP contribution in [0.2, 0.25) is 0 Å². The molecule has 0 amide bonds. The Balaban J connectivity index is 2.03. The molecule has 1 aliphatic heterocycles. The van der Waals surface area contributed by atoms with Crippen molar-refractivity contribution in [3.05, 3.63) is 24.4 Å². The zero-order valence-corrected chi connectivity index (χ0v) is 9.78. The molecule has 2 N–H and O–H groups in total. The molecule has 2 rings (SSSR count). The molecule has 6 heteroatoms. The average Bonchev–Trinajstić information content (AvgIpc) is 2.80. The van der Waals surface area contributed by atoms with E-state index >= 15 is 0 Å². The smallest absolute Gasteiger partial charge is 0.243 e. The van der Waals surface area contributed by atoms with Crippen molar-refractivity contribution in [1.82, 2.24) is 10.1 Å². The third-order valence-electron chi connectivity index (χ3n) is 2.30. The van der Waals surface area contributed by atoms with Crippen molar-refractivity contribution in [3.8, 4) is 0 Å². The molecule has 1 aromatic heterocycles. The van der Waals surface area contributed by atoms with Gasteiger partial charge < -0.3 is 15.0 Å². The van der Waals surface area contributed by atoms with Crippen molar-refractivity contribution in [1.29, 1.82) is 0 Å². The summed E-state index contributed by atoms with van der Waals surface area (Å²) < 4.78 is 10.7. The predicted octanol–water partition coefficient (Wildman–Crippen LogP) is 1.45. The third kappa shape index (κ3) is 2.63. The zero-order chi connectivity index (χ0) is 11.4. The van der Waals surface area contributed by atoms with E-state index in [9.17, 15) is 0 Å². The number of ether oxygens (including phenoxy) is 1. The number of hydrogen-bond donors (Lipinski definition) is 1. The van der Waals surface area contributed by atoms with E-state index in [0.29, 0.717) is 18.1 Å². The van der Waals surface area contributed by atoms with Gasteiger partial charge >= 0.3 is 0 Å². The Bertz CT molecular complexity index is 350. The Kier molecular flexibility index (Phi) is 3.98. The first-order valence-electron chi connectivity index (χ1n) is 5.20. The van der Waals surface area contributed by atoms with Gasteiger partial charge in [0.1, 0.15) is 6.10 Å². The number of nitrogens with zero attached hydrogens (tertiary/aromatic N) is 2. The van der Waals surface area contributed by atoms with Gasteiger partial charge in [0.15, 0.2) is 0 Å². The van der Waals surface area contributed by atoms with E-state index in [2.05, 4.69) is 16.7 Å². The molecule has 0 spiro atoms. The maximum absolute atomic E-state index is 5.83. The van der Waals surface area contributed by atoms with Crippen molar-refractivity contribution < 1.29 is 9.26 Å². The van der Waals surface area contributed by atoms with E-state index in [1.54, 1.807) is 6.08 Å². The van der Waals surface area contributed by atoms with Crippen molar-refractivity contribution in [2.24, 2.45) is 5.73 Å². The van der Waals surface area contributed by atoms with Crippen LogP contribution >= 0.6 is 11.8 Å². The second-order valence-corrected chi connectivity index (χ2v) is 4.71. The van der Waals surface area contributed by atoms with Gasteiger partial charge in [-0.25, -0.2) is 0 Å². The molecular formula is C10H15N3O2S. The van der Waals surface area contributed by atoms with Gasteiger partial charge in [-0.15, -0.1) is 6.58 Å². The molecule has 2 heterocycles. The fourth-order valence-corrected chi connectivity index (χ4v) is 2.29. The van der Waals surface area contributed by atoms with Crippen LogP contribution in [0.5, 0.6) is 0 Å². The van der Waals surface area contributed by atoms with E-state index < -0.39 is 0 Å². The van der Waals surface area contributed by atoms with E-state index in [1.807, 2.05) is 11.8 Å². The SMILES string of the molecule is C=CCC(N)c1nc(C2CSCCO2)no1. The number of thioether (sulfide) groups is 1. The number of rotatable bonds is 4. The molecule has 0 bridgehead atoms. The second kappa shape index (κ2) is 5.47. The van der Waals surface area contributed by atoms with Crippen LogP contribution in [-0.4, -0.2) is 28.3 Å². The molecule has 1 fully saturated rings. The summed E-state index contributed by atoms with van der Waals surface area (Å²) in [7, 11) is 0. The first-order valence-corrected chi connectivity index (χ1v) is 6.36. The molecule has 0 saturated carbocycles. The lowest BCUT2D eigenvalue weighted by molar-refractivity contribution is 0.0677. The van der Waals surface area contributed by atoms with Crippen molar-refractivity contribution >= 4 is 11.8 Å². The summed E-state index contributed by atoms with van der Waals surface area (Å²) in [6.45, 7) is 4.36. The summed E-state index contributed by atoms with van der Waals surface area (Å²) in [5.74, 6) is 2.95. The molecule has 2 unspecified atom stereocenters. The van der Waals surface area contributed by atoms with Gasteiger partial charge in [0.25, 0.3) is 0 Å². The number of hydrogen-bond acceptors (Lipinski definition) is 6. The highest BCUT2D eigenvalue weighted by atomic mass is 32.2. The molecule has 2 atom stereocenters. The van der Waals surface area contributed by atoms with Gasteiger partial charge in [0, 0.05) is 11.5 Å². The highest BCUT2D eigenvalue weighted by molar-refractivity contribution is 7.99. The van der Waals surface area contributed by atoms with Crippen molar-refractivity contribution in [3.63, 3.8) is 0 Å². The summed E-state index contributed by atoms with van der Waals surface area (Å²) in [4.78, 5) is 4.26. The highest BCUT2D eigenvalue weighted by Gasteiger charge is 2.23. The zero-order valence-electron chi connectivity index (χ0n) is 8.96. The van der Waals surface area contributed by atoms with Crippen LogP contribution in [0.3, 0.4) is 0 Å². The maximum Gasteiger partial charge on any atom is 0.243 e. The molecule has 0 aliphatic carbocycles. The average molecular weight is 241 g/mol. The Hall–Kier alpha value is -0.850. The van der Waals surface area contributed by atoms with E-state index in [0.717, 1.165) is 18.1 Å². The Morgan fingerprint density at radius 2 is 2.56 bits per heavy atom. The lowest BCUT2D eigenvalue weighted by atomic mass is 10.2. The van der Waals surface area contributed by atoms with Gasteiger partial charge in [0.2, 0.25) is 11.7 Å². The fourth-order valence-electron chi connectivity index (χ4n) is 1.45. The van der Waals surface area contributed by atoms with Gasteiger partial charge in [-0.05, 0) is 6.42 Å². The minimum Gasteiger partial charge on any atom is -0.368 e. The van der Waals surface area contributed by atoms with Crippen molar-refractivity contribution in [2.75, 3.05) is 18.1 Å². The van der Waals surface area contributed by atoms with Crippen LogP contribution in [-0.2, 0) is 4.74 Å². The molecule has 5 nitrogen and oxygen atoms in total. The number of nitrogens with two attached hydrogens (primary N) is 1. The van der Waals surface area contributed by atoms with Gasteiger partial charge in [0.05, 0.1) is 12.6 Å². The molecule has 0 aromatic carbocycles. The summed E-state index contributed by atoms with van der Waals surface area (Å²) >= 11 is 1.83. The molecule has 1 aliphatic rings. The third-order valence-corrected chi connectivity index (χ3v) is 3.29. The lowest BCUT2D eigenvalue weighted by Crippen LogP contribution is -2.17. The van der Waals surface area contributed by atoms with E-state index in [-0.39, 0.29) is 12.1 Å². The summed E-state index contributed by atoms with van der Waals surface area (Å²) in [5, 5.41) is 3.90. The largest absolute Gasteiger partial charge is 0.368 e. The van der Waals surface area contributed by atoms with Gasteiger partial charge in [-0.2, -0.15) is 16.7 Å². The molecule has 16 heavy (non-hydrogen) atoms. The molecule has 88 valence electrons. The van der Waals surface area contributed by atoms with E-state index in [1.165, 1.54) is 0 Å². The molecule has 0 radical (unpaired) electrons. The minimum atomic E-state index is -0.269. The predicted molar refractivity (Wildman–Crippen MR) is 62.1 cm³/mol. The number of aromatic nitrogens is 2. The molecular weight excluding hydrogens is 226 g/mol. The van der Waals surface area contributed by atoms with Crippen LogP contribution in [0.4, 0.5) is 0 Å². The van der Waals surface area contributed by atoms with Crippen LogP contribution in [0, 0.1) is 0 Å². The Morgan fingerprint density at radius 3 is 3.25 bits per heavy atom. The topological polar surface area (TPSA) is 74.2 Å².